The molecule has 0 aromatic heterocycles. The molecule has 7 nitrogen and oxygen atoms in total. The minimum Gasteiger partial charge on any atom is -0.480 e. The number of hydrogen-bond acceptors (Lipinski definition) is 4. The van der Waals surface area contributed by atoms with Gasteiger partial charge in [0.05, 0.1) is 5.69 Å². The molecule has 126 valence electrons. The lowest BCUT2D eigenvalue weighted by molar-refractivity contribution is -0.141. The van der Waals surface area contributed by atoms with E-state index in [1.165, 1.54) is 5.01 Å². The maximum absolute atomic E-state index is 12.3. The summed E-state index contributed by atoms with van der Waals surface area (Å²) in [6.45, 7) is 1.77. The number of carbonyl (C=O) groups excluding carboxylic acids is 2. The molecule has 24 heavy (non-hydrogen) atoms. The van der Waals surface area contributed by atoms with Gasteiger partial charge in [0.1, 0.15) is 11.8 Å². The Hall–Kier alpha value is -2.96. The van der Waals surface area contributed by atoms with E-state index in [0.717, 1.165) is 0 Å². The molecule has 0 fully saturated rings. The van der Waals surface area contributed by atoms with E-state index in [2.05, 4.69) is 10.4 Å². The number of rotatable bonds is 6. The van der Waals surface area contributed by atoms with Gasteiger partial charge < -0.3 is 10.4 Å². The van der Waals surface area contributed by atoms with E-state index in [0.29, 0.717) is 5.69 Å². The Labute approximate surface area is 139 Å². The molecule has 1 atom stereocenters. The Balaban J connectivity index is 2.16. The van der Waals surface area contributed by atoms with Gasteiger partial charge in [-0.1, -0.05) is 30.4 Å². The number of aliphatic carboxylic acids is 1. The van der Waals surface area contributed by atoms with Crippen LogP contribution in [0.15, 0.2) is 47.6 Å². The quantitative estimate of drug-likeness (QED) is 0.776. The molecule has 2 N–H and O–H groups in total. The van der Waals surface area contributed by atoms with Gasteiger partial charge in [0, 0.05) is 12.8 Å². The number of carboxylic acids is 1. The van der Waals surface area contributed by atoms with Crippen molar-refractivity contribution in [3.05, 3.63) is 42.5 Å². The van der Waals surface area contributed by atoms with Crippen molar-refractivity contribution in [2.24, 2.45) is 5.10 Å². The van der Waals surface area contributed by atoms with Crippen LogP contribution in [0.5, 0.6) is 0 Å². The summed E-state index contributed by atoms with van der Waals surface area (Å²) in [6, 6.07) is 7.75. The van der Waals surface area contributed by atoms with Crippen LogP contribution in [-0.2, 0) is 14.4 Å². The second kappa shape index (κ2) is 8.05. The Morgan fingerprint density at radius 2 is 2.04 bits per heavy atom. The van der Waals surface area contributed by atoms with Crippen LogP contribution >= 0.6 is 0 Å². The molecule has 1 aromatic rings. The first kappa shape index (κ1) is 17.4. The van der Waals surface area contributed by atoms with Crippen molar-refractivity contribution in [1.82, 2.24) is 5.32 Å². The standard InChI is InChI=1S/C17H19N3O4/c1-2-3-9-14(17(23)24)18-16(22)13-10-11-15(21)20(19-13)12-7-5-4-6-8-12/h2-8,14H,9-11H2,1H3,(H,18,22)(H,23,24)/b3-2+. The van der Waals surface area contributed by atoms with Gasteiger partial charge in [-0.05, 0) is 25.5 Å². The average Bonchev–Trinajstić information content (AvgIpc) is 2.59. The van der Waals surface area contributed by atoms with E-state index in [1.54, 1.807) is 43.3 Å². The van der Waals surface area contributed by atoms with Crippen LogP contribution in [0.2, 0.25) is 0 Å². The molecule has 0 bridgehead atoms. The summed E-state index contributed by atoms with van der Waals surface area (Å²) in [5.41, 5.74) is 0.710. The number of allylic oxidation sites excluding steroid dienone is 1. The van der Waals surface area contributed by atoms with Crippen LogP contribution in [0.3, 0.4) is 0 Å². The molecule has 0 aliphatic carbocycles. The number of para-hydroxylation sites is 1. The monoisotopic (exact) mass is 329 g/mol. The van der Waals surface area contributed by atoms with Crippen LogP contribution in [0.4, 0.5) is 5.69 Å². The second-order valence-electron chi connectivity index (χ2n) is 5.26. The van der Waals surface area contributed by atoms with E-state index < -0.39 is 17.9 Å². The van der Waals surface area contributed by atoms with Crippen molar-refractivity contribution < 1.29 is 19.5 Å². The molecule has 0 saturated carbocycles. The molecule has 2 amide bonds. The number of hydrazone groups is 1. The zero-order valence-electron chi connectivity index (χ0n) is 13.3. The highest BCUT2D eigenvalue weighted by Crippen LogP contribution is 2.19. The third kappa shape index (κ3) is 4.28. The van der Waals surface area contributed by atoms with Gasteiger partial charge in [-0.25, -0.2) is 9.80 Å². The predicted molar refractivity (Wildman–Crippen MR) is 89.6 cm³/mol. The minimum absolute atomic E-state index is 0.144. The molecule has 0 saturated heterocycles. The average molecular weight is 329 g/mol. The molecule has 0 spiro atoms. The Morgan fingerprint density at radius 3 is 2.67 bits per heavy atom. The lowest BCUT2D eigenvalue weighted by atomic mass is 10.1. The van der Waals surface area contributed by atoms with Gasteiger partial charge in [0.15, 0.2) is 0 Å². The molecular formula is C17H19N3O4. The van der Waals surface area contributed by atoms with Gasteiger partial charge >= 0.3 is 5.97 Å². The summed E-state index contributed by atoms with van der Waals surface area (Å²) in [6.07, 6.45) is 3.90. The van der Waals surface area contributed by atoms with Crippen LogP contribution in [0, 0.1) is 0 Å². The summed E-state index contributed by atoms with van der Waals surface area (Å²) in [4.78, 5) is 35.5. The van der Waals surface area contributed by atoms with Crippen molar-refractivity contribution in [3.63, 3.8) is 0 Å². The second-order valence-corrected chi connectivity index (χ2v) is 5.26. The van der Waals surface area contributed by atoms with Gasteiger partial charge in [-0.3, -0.25) is 9.59 Å². The molecular weight excluding hydrogens is 310 g/mol. The fourth-order valence-electron chi connectivity index (χ4n) is 2.22. The summed E-state index contributed by atoms with van der Waals surface area (Å²) in [7, 11) is 0. The molecule has 1 heterocycles. The Bertz CT molecular complexity index is 682. The number of nitrogens with zero attached hydrogens (tertiary/aromatic N) is 2. The topological polar surface area (TPSA) is 99.1 Å². The van der Waals surface area contributed by atoms with Crippen LogP contribution in [-0.4, -0.2) is 34.6 Å². The summed E-state index contributed by atoms with van der Waals surface area (Å²) < 4.78 is 0. The predicted octanol–water partition coefficient (Wildman–Crippen LogP) is 1.71. The summed E-state index contributed by atoms with van der Waals surface area (Å²) in [5, 5.41) is 16.9. The highest BCUT2D eigenvalue weighted by molar-refractivity contribution is 6.40. The highest BCUT2D eigenvalue weighted by Gasteiger charge is 2.27. The van der Waals surface area contributed by atoms with E-state index in [-0.39, 0.29) is 30.9 Å². The van der Waals surface area contributed by atoms with Crippen molar-refractivity contribution in [2.75, 3.05) is 5.01 Å². The SMILES string of the molecule is C/C=C/CC(NC(=O)C1=NN(c2ccccc2)C(=O)CC1)C(=O)O. The third-order valence-electron chi connectivity index (χ3n) is 3.51. The molecule has 0 radical (unpaired) electrons. The van der Waals surface area contributed by atoms with Gasteiger partial charge in [-0.15, -0.1) is 0 Å². The molecule has 1 aliphatic heterocycles. The van der Waals surface area contributed by atoms with Crippen LogP contribution in [0.1, 0.15) is 26.2 Å². The maximum Gasteiger partial charge on any atom is 0.326 e. The summed E-state index contributed by atoms with van der Waals surface area (Å²) >= 11 is 0. The first-order valence-electron chi connectivity index (χ1n) is 7.63. The number of anilines is 1. The molecule has 1 aliphatic rings. The molecule has 7 heteroatoms. The van der Waals surface area contributed by atoms with Crippen LogP contribution < -0.4 is 10.3 Å². The molecule has 1 unspecified atom stereocenters. The lowest BCUT2D eigenvalue weighted by Crippen LogP contribution is -2.46. The van der Waals surface area contributed by atoms with E-state index in [1.807, 2.05) is 6.07 Å². The zero-order chi connectivity index (χ0) is 17.5. The van der Waals surface area contributed by atoms with E-state index in [4.69, 9.17) is 5.11 Å². The number of hydrogen-bond donors (Lipinski definition) is 2. The Morgan fingerprint density at radius 1 is 1.33 bits per heavy atom. The van der Waals surface area contributed by atoms with Crippen molar-refractivity contribution in [2.45, 2.75) is 32.2 Å². The molecule has 1 aromatic carbocycles. The Kier molecular flexibility index (Phi) is 5.83. The highest BCUT2D eigenvalue weighted by atomic mass is 16.4. The number of nitrogens with one attached hydrogen (secondary N) is 1. The normalized spacial score (nSPS) is 16.0. The zero-order valence-corrected chi connectivity index (χ0v) is 13.3. The van der Waals surface area contributed by atoms with E-state index in [9.17, 15) is 14.4 Å². The fourth-order valence-corrected chi connectivity index (χ4v) is 2.22. The number of carboxylic acid groups (broad SMARTS) is 1. The first-order chi connectivity index (χ1) is 11.5. The van der Waals surface area contributed by atoms with Gasteiger partial charge in [-0.2, -0.15) is 5.10 Å². The lowest BCUT2D eigenvalue weighted by Gasteiger charge is -2.23. The largest absolute Gasteiger partial charge is 0.480 e. The van der Waals surface area contributed by atoms with E-state index >= 15 is 0 Å². The number of benzene rings is 1. The maximum atomic E-state index is 12.3. The fraction of sp³-hybridized carbons (Fsp3) is 0.294. The van der Waals surface area contributed by atoms with Crippen molar-refractivity contribution >= 4 is 29.2 Å². The number of amides is 2. The minimum atomic E-state index is -1.12. The van der Waals surface area contributed by atoms with Crippen molar-refractivity contribution in [1.29, 1.82) is 0 Å². The van der Waals surface area contributed by atoms with Gasteiger partial charge in [0.2, 0.25) is 5.91 Å². The first-order valence-corrected chi connectivity index (χ1v) is 7.63. The number of carbonyl (C=O) groups is 3. The van der Waals surface area contributed by atoms with Crippen LogP contribution in [0.25, 0.3) is 0 Å². The van der Waals surface area contributed by atoms with Crippen molar-refractivity contribution in [3.8, 4) is 0 Å². The summed E-state index contributed by atoms with van der Waals surface area (Å²) in [5.74, 6) is -1.89. The smallest absolute Gasteiger partial charge is 0.326 e. The molecule has 2 rings (SSSR count). The van der Waals surface area contributed by atoms with Gasteiger partial charge in [0.25, 0.3) is 5.91 Å². The third-order valence-corrected chi connectivity index (χ3v) is 3.51.